The molecule has 4 fully saturated rings. The van der Waals surface area contributed by atoms with E-state index in [1.807, 2.05) is 66.8 Å². The van der Waals surface area contributed by atoms with E-state index in [1.54, 1.807) is 97.1 Å². The van der Waals surface area contributed by atoms with Crippen molar-refractivity contribution in [2.75, 3.05) is 50.2 Å². The highest BCUT2D eigenvalue weighted by atomic mass is 19.1. The summed E-state index contributed by atoms with van der Waals surface area (Å²) in [6.07, 6.45) is 15.0. The number of nitrogens with one attached hydrogen (secondary N) is 9. The van der Waals surface area contributed by atoms with Crippen LogP contribution < -0.4 is 53.6 Å². The second-order valence-corrected chi connectivity index (χ2v) is 29.1. The molecule has 8 heterocycles. The average Bonchev–Trinajstić information content (AvgIpc) is 1.67. The summed E-state index contributed by atoms with van der Waals surface area (Å²) in [6.45, 7) is 15.1. The molecule has 25 nitrogen and oxygen atoms in total. The maximum Gasteiger partial charge on any atom is 0.251 e. The van der Waals surface area contributed by atoms with E-state index in [4.69, 9.17) is 25.2 Å². The molecule has 14 rings (SSSR count). The Bertz CT molecular complexity index is 5110. The molecule has 4 saturated heterocycles. The number of carbonyl (C=O) groups excluding carboxylic acids is 7. The Hall–Kier alpha value is -11.7. The molecule has 11 N–H and O–H groups in total. The van der Waals surface area contributed by atoms with Gasteiger partial charge in [0.2, 0.25) is 11.8 Å². The number of ether oxygens (including phenoxy) is 2. The van der Waals surface area contributed by atoms with Gasteiger partial charge >= 0.3 is 0 Å². The van der Waals surface area contributed by atoms with Crippen molar-refractivity contribution in [3.05, 3.63) is 225 Å². The van der Waals surface area contributed by atoms with Crippen LogP contribution in [0.15, 0.2) is 146 Å². The van der Waals surface area contributed by atoms with Crippen LogP contribution in [0.5, 0.6) is 0 Å². The monoisotopic (exact) mass is 1560 g/mol. The highest BCUT2D eigenvalue weighted by molar-refractivity contribution is 6.01. The summed E-state index contributed by atoms with van der Waals surface area (Å²) in [5.74, 6) is -2.15. The maximum absolute atomic E-state index is 15.2. The number of halogens is 2. The summed E-state index contributed by atoms with van der Waals surface area (Å²) in [6, 6.07) is 36.7. The van der Waals surface area contributed by atoms with E-state index in [0.29, 0.717) is 127 Å². The van der Waals surface area contributed by atoms with Gasteiger partial charge in [-0.1, -0.05) is 74.5 Å². The van der Waals surface area contributed by atoms with E-state index in [-0.39, 0.29) is 91.6 Å². The molecule has 115 heavy (non-hydrogen) atoms. The van der Waals surface area contributed by atoms with Gasteiger partial charge in [0.15, 0.2) is 11.3 Å². The first-order valence-electron chi connectivity index (χ1n) is 40.0. The van der Waals surface area contributed by atoms with E-state index < -0.39 is 5.82 Å². The van der Waals surface area contributed by atoms with Crippen molar-refractivity contribution in [3.8, 4) is 22.3 Å². The number of aldehydes is 1. The van der Waals surface area contributed by atoms with Crippen molar-refractivity contribution in [2.45, 2.75) is 175 Å². The minimum Gasteiger partial charge on any atom is -0.381 e. The van der Waals surface area contributed by atoms with Crippen LogP contribution in [-0.2, 0) is 77.7 Å². The molecule has 4 aromatic heterocycles. The fraction of sp³-hybridized carbons (Fsp3) is 0.375. The van der Waals surface area contributed by atoms with Gasteiger partial charge < -0.3 is 63.1 Å². The van der Waals surface area contributed by atoms with Gasteiger partial charge in [0, 0.05) is 159 Å². The number of nitrogens with zero attached hydrogens (tertiary/aromatic N) is 6. The summed E-state index contributed by atoms with van der Waals surface area (Å²) >= 11 is 0. The number of hydrogen-bond acceptors (Lipinski definition) is 17. The van der Waals surface area contributed by atoms with Gasteiger partial charge in [0.1, 0.15) is 17.9 Å². The molecule has 6 aromatic carbocycles. The van der Waals surface area contributed by atoms with Gasteiger partial charge in [-0.25, -0.2) is 28.1 Å². The molecular weight excluding hydrogens is 1460 g/mol. The number of nitrogens with two attached hydrogens (primary N) is 1. The van der Waals surface area contributed by atoms with Crippen LogP contribution in [0.3, 0.4) is 0 Å². The van der Waals surface area contributed by atoms with E-state index in [1.165, 1.54) is 12.1 Å². The zero-order chi connectivity index (χ0) is 80.7. The van der Waals surface area contributed by atoms with Crippen molar-refractivity contribution < 1.29 is 51.8 Å². The number of pyridine rings is 2. The summed E-state index contributed by atoms with van der Waals surface area (Å²) in [5, 5.41) is 39.4. The van der Waals surface area contributed by atoms with Gasteiger partial charge in [-0.15, -0.1) is 0 Å². The Kier molecular flexibility index (Phi) is 29.1. The van der Waals surface area contributed by atoms with Gasteiger partial charge in [0.05, 0.1) is 46.6 Å². The van der Waals surface area contributed by atoms with E-state index in [0.717, 1.165) is 138 Å². The Morgan fingerprint density at radius 2 is 0.939 bits per heavy atom. The molecule has 4 aliphatic heterocycles. The first kappa shape index (κ1) is 82.8. The molecule has 0 aliphatic carbocycles. The lowest BCUT2D eigenvalue weighted by atomic mass is 10.00. The molecular formula is C88H102F2N16O9. The van der Waals surface area contributed by atoms with E-state index in [9.17, 15) is 38.0 Å². The van der Waals surface area contributed by atoms with Crippen LogP contribution in [0, 0.1) is 11.6 Å². The fourth-order valence-electron chi connectivity index (χ4n) is 14.7. The first-order chi connectivity index (χ1) is 56.0. The topological polar surface area (TPSA) is 334 Å². The van der Waals surface area contributed by atoms with Gasteiger partial charge in [-0.05, 0) is 192 Å². The summed E-state index contributed by atoms with van der Waals surface area (Å²) < 4.78 is 44.8. The standard InChI is InChI=1S/C44H51FN8O4.C38H39FN6O4.C6H12N2O/c1-3-38-35(40(51-33-16-19-57-20-17-33)36-27-50-53(4-2)41(36)52-38)26-49-43(55)32-12-8-11-31(23-32)42(54)48-25-29-14-15-37(45)34(22-29)30-10-7-9-28(21-30)24-47-39-13-5-6-18-46-44(39)56;1-3-34-31(35(43-29-13-15-49-16-14-29)32-22-42-45(4-2)36(32)44-34)21-41-38(48)28-10-6-9-27(19-28)37(47)40-20-24-11-12-33(39)30(18-24)26-8-5-7-25(17-26)23-46;7-5-3-1-2-4-8-6(5)9/h7-12,14-15,21-23,27,33,39,47H,3-6,13,16-20,24-26H2,1-2H3,(H,46,56)(H,48,54)(H,49,55)(H,51,52);5-12,17-19,22-23,29H,3-4,13-16,20-21H2,1-2H3,(H,40,47)(H,41,48)(H,43,44);5H,1-4,7H2,(H,8,9)/t39-;;5-/m0.0/s1. The first-order valence-corrected chi connectivity index (χ1v) is 40.0. The van der Waals surface area contributed by atoms with Gasteiger partial charge in [0.25, 0.3) is 23.6 Å². The lowest BCUT2D eigenvalue weighted by molar-refractivity contribution is -0.123. The van der Waals surface area contributed by atoms with Crippen LogP contribution >= 0.6 is 0 Å². The molecule has 0 radical (unpaired) electrons. The molecule has 10 aromatic rings. The highest BCUT2D eigenvalue weighted by Crippen LogP contribution is 2.35. The Balaban J connectivity index is 0.000000193. The van der Waals surface area contributed by atoms with Crippen molar-refractivity contribution in [3.63, 3.8) is 0 Å². The predicted molar refractivity (Wildman–Crippen MR) is 439 cm³/mol. The number of benzene rings is 6. The number of aryl methyl sites for hydroxylation is 4. The molecule has 0 bridgehead atoms. The number of aromatic nitrogens is 6. The van der Waals surface area contributed by atoms with Crippen LogP contribution in [0.2, 0.25) is 0 Å². The number of carbonyl (C=O) groups is 7. The van der Waals surface area contributed by atoms with E-state index in [2.05, 4.69) is 65.0 Å². The second-order valence-electron chi connectivity index (χ2n) is 29.1. The summed E-state index contributed by atoms with van der Waals surface area (Å²) in [4.78, 5) is 97.8. The largest absolute Gasteiger partial charge is 0.381 e. The molecule has 2 atom stereocenters. The third-order valence-electron chi connectivity index (χ3n) is 21.2. The molecule has 4 aliphatic rings. The van der Waals surface area contributed by atoms with Crippen molar-refractivity contribution in [1.29, 1.82) is 0 Å². The molecule has 0 spiro atoms. The summed E-state index contributed by atoms with van der Waals surface area (Å²) in [5.41, 5.74) is 18.7. The number of rotatable bonds is 26. The lowest BCUT2D eigenvalue weighted by Gasteiger charge is -2.26. The van der Waals surface area contributed by atoms with Crippen molar-refractivity contribution in [1.82, 2.24) is 66.7 Å². The maximum atomic E-state index is 15.2. The molecule has 27 heteroatoms. The Morgan fingerprint density at radius 1 is 0.504 bits per heavy atom. The van der Waals surface area contributed by atoms with Crippen molar-refractivity contribution in [2.24, 2.45) is 5.73 Å². The zero-order valence-corrected chi connectivity index (χ0v) is 65.6. The minimum atomic E-state index is -0.430. The van der Waals surface area contributed by atoms with Gasteiger partial charge in [-0.3, -0.25) is 33.6 Å². The van der Waals surface area contributed by atoms with Crippen LogP contribution in [-0.4, -0.2) is 135 Å². The highest BCUT2D eigenvalue weighted by Gasteiger charge is 2.27. The molecule has 602 valence electrons. The molecule has 0 saturated carbocycles. The molecule has 6 amide bonds. The van der Waals surface area contributed by atoms with E-state index >= 15 is 4.39 Å². The van der Waals surface area contributed by atoms with Crippen LogP contribution in [0.25, 0.3) is 44.3 Å². The third kappa shape index (κ3) is 21.4. The Labute approximate surface area is 667 Å². The number of hydrogen-bond donors (Lipinski definition) is 10. The third-order valence-corrected chi connectivity index (χ3v) is 21.2. The van der Waals surface area contributed by atoms with Crippen LogP contribution in [0.1, 0.15) is 183 Å². The molecule has 0 unspecified atom stereocenters. The normalized spacial score (nSPS) is 16.0. The summed E-state index contributed by atoms with van der Waals surface area (Å²) in [7, 11) is 0. The Morgan fingerprint density at radius 3 is 1.41 bits per heavy atom. The number of fused-ring (bicyclic) bond motifs is 2. The zero-order valence-electron chi connectivity index (χ0n) is 65.6. The number of anilines is 2. The predicted octanol–water partition coefficient (Wildman–Crippen LogP) is 11.7. The van der Waals surface area contributed by atoms with Crippen molar-refractivity contribution >= 4 is 75.2 Å². The number of amides is 6. The quantitative estimate of drug-likeness (QED) is 0.0225. The minimum absolute atomic E-state index is 0.00694. The second kappa shape index (κ2) is 40.4. The SMILES string of the molecule is CCc1nc2c(cnn2CC)c(NC2CCOCC2)c1CNC(=O)c1cccc(C(=O)NCc2ccc(F)c(-c3cccc(C=O)c3)c2)c1.CCc1nc2c(cnn2CC)c(NC2CCOCC2)c1CNC(=O)c1cccc(C(=O)NCc2ccc(F)c(-c3cccc(CN[C@H]4CCCCNC4=O)c3)c2)c1.N[C@H]1CCCCNC1=O. The lowest BCUT2D eigenvalue weighted by Crippen LogP contribution is -2.42. The van der Waals surface area contributed by atoms with Gasteiger partial charge in [-0.2, -0.15) is 10.2 Å². The average molecular weight is 1570 g/mol. The fourth-order valence-corrected chi connectivity index (χ4v) is 14.7. The van der Waals surface area contributed by atoms with Crippen LogP contribution in [0.4, 0.5) is 20.2 Å². The smallest absolute Gasteiger partial charge is 0.251 e.